The van der Waals surface area contributed by atoms with Crippen LogP contribution in [0.2, 0.25) is 0 Å². The number of nitrogens with zero attached hydrogens (tertiary/aromatic N) is 3. The number of hydrogen-bond acceptors (Lipinski definition) is 8. The third-order valence-corrected chi connectivity index (χ3v) is 5.89. The van der Waals surface area contributed by atoms with Crippen molar-refractivity contribution < 1.29 is 19.0 Å². The summed E-state index contributed by atoms with van der Waals surface area (Å²) in [4.78, 5) is 0. The number of ether oxygens (including phenoxy) is 2. The number of fused-ring (bicyclic) bond motifs is 1. The lowest BCUT2D eigenvalue weighted by Crippen LogP contribution is -2.32. The SMILES string of the molecule is N#Cc1ccccc1-c1ccc(C(S)c2nnc(-c3ccc4c(c3)OC(CO)CO4)o2)cc1. The Morgan fingerprint density at radius 1 is 1.03 bits per heavy atom. The normalized spacial score (nSPS) is 15.6. The second-order valence-corrected chi connectivity index (χ2v) is 8.04. The molecule has 2 heterocycles. The van der Waals surface area contributed by atoms with Gasteiger partial charge in [-0.25, -0.2) is 0 Å². The summed E-state index contributed by atoms with van der Waals surface area (Å²) in [7, 11) is 0. The quantitative estimate of drug-likeness (QED) is 0.428. The topological polar surface area (TPSA) is 101 Å². The van der Waals surface area contributed by atoms with Crippen LogP contribution in [-0.2, 0) is 0 Å². The highest BCUT2D eigenvalue weighted by atomic mass is 32.1. The summed E-state index contributed by atoms with van der Waals surface area (Å²) in [5.74, 6) is 1.82. The Balaban J connectivity index is 1.37. The van der Waals surface area contributed by atoms with Gasteiger partial charge in [0.25, 0.3) is 0 Å². The molecule has 0 radical (unpaired) electrons. The van der Waals surface area contributed by atoms with Gasteiger partial charge in [-0.05, 0) is 41.0 Å². The highest BCUT2D eigenvalue weighted by Gasteiger charge is 2.23. The van der Waals surface area contributed by atoms with Gasteiger partial charge in [-0.3, -0.25) is 0 Å². The summed E-state index contributed by atoms with van der Waals surface area (Å²) < 4.78 is 17.2. The minimum Gasteiger partial charge on any atom is -0.486 e. The fraction of sp³-hybridized carbons (Fsp3) is 0.160. The van der Waals surface area contributed by atoms with Gasteiger partial charge >= 0.3 is 0 Å². The summed E-state index contributed by atoms with van der Waals surface area (Å²) in [6.45, 7) is 0.173. The van der Waals surface area contributed by atoms with E-state index in [0.717, 1.165) is 16.7 Å². The molecule has 7 nitrogen and oxygen atoms in total. The summed E-state index contributed by atoms with van der Waals surface area (Å²) in [5.41, 5.74) is 4.02. The molecular weight excluding hydrogens is 438 g/mol. The number of thiol groups is 1. The minimum absolute atomic E-state index is 0.128. The van der Waals surface area contributed by atoms with Crippen LogP contribution in [0.3, 0.4) is 0 Å². The monoisotopic (exact) mass is 457 g/mol. The van der Waals surface area contributed by atoms with Gasteiger partial charge in [0.15, 0.2) is 17.6 Å². The Morgan fingerprint density at radius 2 is 1.82 bits per heavy atom. The van der Waals surface area contributed by atoms with Crippen LogP contribution in [0.25, 0.3) is 22.6 Å². The van der Waals surface area contributed by atoms with Crippen molar-refractivity contribution in [2.75, 3.05) is 13.2 Å². The lowest BCUT2D eigenvalue weighted by atomic mass is 9.99. The van der Waals surface area contributed by atoms with Crippen molar-refractivity contribution in [1.29, 1.82) is 5.26 Å². The van der Waals surface area contributed by atoms with Crippen LogP contribution in [0.15, 0.2) is 71.1 Å². The van der Waals surface area contributed by atoms with E-state index >= 15 is 0 Å². The number of hydrogen-bond donors (Lipinski definition) is 2. The molecule has 5 rings (SSSR count). The molecule has 0 fully saturated rings. The number of nitriles is 1. The molecule has 0 bridgehead atoms. The number of aliphatic hydroxyl groups is 1. The second-order valence-electron chi connectivity index (χ2n) is 7.52. The summed E-state index contributed by atoms with van der Waals surface area (Å²) in [6, 6.07) is 22.8. The maximum Gasteiger partial charge on any atom is 0.247 e. The zero-order valence-electron chi connectivity index (χ0n) is 17.4. The van der Waals surface area contributed by atoms with Crippen LogP contribution < -0.4 is 9.47 Å². The number of rotatable bonds is 5. The van der Waals surface area contributed by atoms with Crippen molar-refractivity contribution >= 4 is 12.6 Å². The van der Waals surface area contributed by atoms with Crippen LogP contribution in [0.4, 0.5) is 0 Å². The van der Waals surface area contributed by atoms with Crippen molar-refractivity contribution in [2.45, 2.75) is 11.4 Å². The molecular formula is C25H19N3O4S. The van der Waals surface area contributed by atoms with Crippen LogP contribution in [-0.4, -0.2) is 34.6 Å². The van der Waals surface area contributed by atoms with E-state index in [4.69, 9.17) is 13.9 Å². The van der Waals surface area contributed by atoms with E-state index in [1.54, 1.807) is 18.2 Å². The maximum atomic E-state index is 9.34. The Labute approximate surface area is 195 Å². The van der Waals surface area contributed by atoms with E-state index in [-0.39, 0.29) is 6.61 Å². The third kappa shape index (κ3) is 4.16. The molecule has 8 heteroatoms. The number of benzene rings is 3. The Hall–Kier alpha value is -3.80. The van der Waals surface area contributed by atoms with E-state index < -0.39 is 11.4 Å². The Kier molecular flexibility index (Phi) is 5.73. The Morgan fingerprint density at radius 3 is 2.61 bits per heavy atom. The molecule has 4 aromatic rings. The molecule has 0 saturated carbocycles. The van der Waals surface area contributed by atoms with Gasteiger partial charge in [0.05, 0.1) is 18.2 Å². The molecule has 1 aromatic heterocycles. The molecule has 33 heavy (non-hydrogen) atoms. The predicted octanol–water partition coefficient (Wildman–Crippen LogP) is 4.43. The van der Waals surface area contributed by atoms with Crippen molar-refractivity contribution in [1.82, 2.24) is 10.2 Å². The molecule has 164 valence electrons. The van der Waals surface area contributed by atoms with Gasteiger partial charge in [0, 0.05) is 5.56 Å². The first-order chi connectivity index (χ1) is 16.2. The number of aliphatic hydroxyl groups excluding tert-OH is 1. The van der Waals surface area contributed by atoms with Gasteiger partial charge < -0.3 is 19.0 Å². The fourth-order valence-corrected chi connectivity index (χ4v) is 3.90. The first-order valence-electron chi connectivity index (χ1n) is 10.3. The molecule has 0 amide bonds. The van der Waals surface area contributed by atoms with Crippen molar-refractivity contribution in [3.63, 3.8) is 0 Å². The van der Waals surface area contributed by atoms with Crippen molar-refractivity contribution in [3.05, 3.63) is 83.7 Å². The summed E-state index contributed by atoms with van der Waals surface area (Å²) >= 11 is 4.68. The molecule has 0 spiro atoms. The molecule has 0 saturated heterocycles. The van der Waals surface area contributed by atoms with Crippen LogP contribution >= 0.6 is 12.6 Å². The van der Waals surface area contributed by atoms with Gasteiger partial charge in [-0.2, -0.15) is 17.9 Å². The molecule has 2 atom stereocenters. The van der Waals surface area contributed by atoms with E-state index in [2.05, 4.69) is 28.9 Å². The summed E-state index contributed by atoms with van der Waals surface area (Å²) in [5, 5.41) is 26.6. The van der Waals surface area contributed by atoms with Crippen LogP contribution in [0.5, 0.6) is 11.5 Å². The average Bonchev–Trinajstić information content (AvgIpc) is 3.38. The minimum atomic E-state index is -0.414. The van der Waals surface area contributed by atoms with Gasteiger partial charge in [-0.15, -0.1) is 10.2 Å². The molecule has 2 unspecified atom stereocenters. The average molecular weight is 458 g/mol. The largest absolute Gasteiger partial charge is 0.486 e. The zero-order chi connectivity index (χ0) is 22.8. The Bertz CT molecular complexity index is 1330. The maximum absolute atomic E-state index is 9.34. The third-order valence-electron chi connectivity index (χ3n) is 5.37. The molecule has 1 N–H and O–H groups in total. The molecule has 1 aliphatic rings. The van der Waals surface area contributed by atoms with E-state index in [9.17, 15) is 10.4 Å². The predicted molar refractivity (Wildman–Crippen MR) is 124 cm³/mol. The standard InChI is InChI=1S/C25H19N3O4S/c26-12-18-3-1-2-4-20(18)15-5-7-16(8-6-15)23(33)25-28-27-24(32-25)17-9-10-21-22(11-17)31-19(13-29)14-30-21/h1-11,19,23,29,33H,13-14H2. The van der Waals surface area contributed by atoms with E-state index in [1.807, 2.05) is 48.5 Å². The molecule has 0 aliphatic carbocycles. The first-order valence-corrected chi connectivity index (χ1v) is 10.8. The van der Waals surface area contributed by atoms with E-state index in [1.165, 1.54) is 0 Å². The van der Waals surface area contributed by atoms with E-state index in [0.29, 0.717) is 41.0 Å². The molecule has 3 aromatic carbocycles. The summed E-state index contributed by atoms with van der Waals surface area (Å²) in [6.07, 6.45) is -0.407. The highest BCUT2D eigenvalue weighted by Crippen LogP contribution is 2.37. The van der Waals surface area contributed by atoms with Gasteiger partial charge in [-0.1, -0.05) is 42.5 Å². The highest BCUT2D eigenvalue weighted by molar-refractivity contribution is 7.80. The van der Waals surface area contributed by atoms with Gasteiger partial charge in [0.2, 0.25) is 11.8 Å². The second kappa shape index (κ2) is 8.98. The first kappa shape index (κ1) is 21.1. The lowest BCUT2D eigenvalue weighted by Gasteiger charge is -2.25. The fourth-order valence-electron chi connectivity index (χ4n) is 3.62. The van der Waals surface area contributed by atoms with Crippen molar-refractivity contribution in [3.8, 4) is 40.1 Å². The molecule has 1 aliphatic heterocycles. The number of aromatic nitrogens is 2. The van der Waals surface area contributed by atoms with Crippen LogP contribution in [0.1, 0.15) is 22.3 Å². The lowest BCUT2D eigenvalue weighted by molar-refractivity contribution is 0.0457. The van der Waals surface area contributed by atoms with Gasteiger partial charge in [0.1, 0.15) is 11.9 Å². The smallest absolute Gasteiger partial charge is 0.247 e. The zero-order valence-corrected chi connectivity index (χ0v) is 18.3. The van der Waals surface area contributed by atoms with Crippen LogP contribution in [0, 0.1) is 11.3 Å². The van der Waals surface area contributed by atoms with Crippen molar-refractivity contribution in [2.24, 2.45) is 0 Å².